The first-order chi connectivity index (χ1) is 9.42. The second-order valence-corrected chi connectivity index (χ2v) is 6.05. The van der Waals surface area contributed by atoms with Gasteiger partial charge in [0.25, 0.3) is 0 Å². The fourth-order valence-corrected chi connectivity index (χ4v) is 2.57. The van der Waals surface area contributed by atoms with E-state index >= 15 is 0 Å². The second kappa shape index (κ2) is 6.12. The van der Waals surface area contributed by atoms with Gasteiger partial charge in [0.2, 0.25) is 5.91 Å². The van der Waals surface area contributed by atoms with Crippen molar-refractivity contribution in [3.8, 4) is 0 Å². The zero-order chi connectivity index (χ0) is 14.8. The minimum absolute atomic E-state index is 0.0509. The average Bonchev–Trinajstić information content (AvgIpc) is 2.83. The molecule has 110 valence electrons. The number of hydrogen-bond acceptors (Lipinski definition) is 3. The van der Waals surface area contributed by atoms with Crippen molar-refractivity contribution in [2.75, 3.05) is 13.2 Å². The minimum Gasteiger partial charge on any atom is -0.379 e. The summed E-state index contributed by atoms with van der Waals surface area (Å²) in [4.78, 5) is 14.5. The SMILES string of the molecule is CC(C)N(Cc1cccc(Cl)c1)C(=O)C1(N)CCOC1. The predicted octanol–water partition coefficient (Wildman–Crippen LogP) is 2.19. The number of nitrogens with zero attached hydrogens (tertiary/aromatic N) is 1. The molecule has 1 amide bonds. The number of amides is 1. The lowest BCUT2D eigenvalue weighted by molar-refractivity contribution is -0.139. The molecule has 4 nitrogen and oxygen atoms in total. The molecule has 0 spiro atoms. The van der Waals surface area contributed by atoms with Gasteiger partial charge in [-0.2, -0.15) is 0 Å². The standard InChI is InChI=1S/C15H21ClN2O2/c1-11(2)18(9-12-4-3-5-13(16)8-12)14(19)15(17)6-7-20-10-15/h3-5,8,11H,6-7,9-10,17H2,1-2H3. The number of carbonyl (C=O) groups excluding carboxylic acids is 1. The smallest absolute Gasteiger partial charge is 0.245 e. The number of nitrogens with two attached hydrogens (primary N) is 1. The van der Waals surface area contributed by atoms with E-state index in [1.165, 1.54) is 0 Å². The van der Waals surface area contributed by atoms with Gasteiger partial charge in [0, 0.05) is 24.2 Å². The number of rotatable bonds is 4. The molecule has 1 aromatic rings. The molecule has 1 aromatic carbocycles. The second-order valence-electron chi connectivity index (χ2n) is 5.62. The lowest BCUT2D eigenvalue weighted by Crippen LogP contribution is -2.57. The van der Waals surface area contributed by atoms with E-state index < -0.39 is 5.54 Å². The summed E-state index contributed by atoms with van der Waals surface area (Å²) in [5, 5.41) is 0.672. The maximum absolute atomic E-state index is 12.7. The molecule has 0 saturated carbocycles. The van der Waals surface area contributed by atoms with Crippen molar-refractivity contribution < 1.29 is 9.53 Å². The molecule has 2 N–H and O–H groups in total. The van der Waals surface area contributed by atoms with Gasteiger partial charge in [0.1, 0.15) is 5.54 Å². The first kappa shape index (κ1) is 15.3. The minimum atomic E-state index is -0.886. The molecular weight excluding hydrogens is 276 g/mol. The van der Waals surface area contributed by atoms with Crippen molar-refractivity contribution in [1.29, 1.82) is 0 Å². The highest BCUT2D eigenvalue weighted by Gasteiger charge is 2.41. The molecule has 1 unspecified atom stereocenters. The maximum atomic E-state index is 12.7. The zero-order valence-electron chi connectivity index (χ0n) is 11.9. The third kappa shape index (κ3) is 3.32. The number of hydrogen-bond donors (Lipinski definition) is 1. The van der Waals surface area contributed by atoms with Crippen LogP contribution in [0.25, 0.3) is 0 Å². The Hall–Kier alpha value is -1.10. The monoisotopic (exact) mass is 296 g/mol. The first-order valence-corrected chi connectivity index (χ1v) is 7.22. The van der Waals surface area contributed by atoms with Gasteiger partial charge in [-0.1, -0.05) is 23.7 Å². The molecule has 0 aliphatic carbocycles. The molecule has 2 rings (SSSR count). The van der Waals surface area contributed by atoms with E-state index in [0.29, 0.717) is 31.2 Å². The van der Waals surface area contributed by atoms with Crippen molar-refractivity contribution in [1.82, 2.24) is 4.90 Å². The zero-order valence-corrected chi connectivity index (χ0v) is 12.7. The first-order valence-electron chi connectivity index (χ1n) is 6.84. The molecule has 1 heterocycles. The van der Waals surface area contributed by atoms with Crippen LogP contribution < -0.4 is 5.73 Å². The van der Waals surface area contributed by atoms with E-state index in [1.54, 1.807) is 4.90 Å². The molecular formula is C15H21ClN2O2. The van der Waals surface area contributed by atoms with Crippen molar-refractivity contribution in [2.45, 2.75) is 38.4 Å². The van der Waals surface area contributed by atoms with Crippen LogP contribution in [0, 0.1) is 0 Å². The Morgan fingerprint density at radius 3 is 2.85 bits per heavy atom. The van der Waals surface area contributed by atoms with Gasteiger partial charge in [-0.15, -0.1) is 0 Å². The molecule has 20 heavy (non-hydrogen) atoms. The molecule has 1 aliphatic rings. The van der Waals surface area contributed by atoms with Crippen LogP contribution in [0.1, 0.15) is 25.8 Å². The summed E-state index contributed by atoms with van der Waals surface area (Å²) in [6, 6.07) is 7.61. The summed E-state index contributed by atoms with van der Waals surface area (Å²) >= 11 is 5.99. The molecule has 1 aliphatic heterocycles. The van der Waals surface area contributed by atoms with E-state index in [9.17, 15) is 4.79 Å². The topological polar surface area (TPSA) is 55.6 Å². The Labute approximate surface area is 124 Å². The summed E-state index contributed by atoms with van der Waals surface area (Å²) in [6.07, 6.45) is 0.574. The van der Waals surface area contributed by atoms with Crippen molar-refractivity contribution in [2.24, 2.45) is 5.73 Å². The van der Waals surface area contributed by atoms with Crippen LogP contribution in [0.4, 0.5) is 0 Å². The molecule has 0 radical (unpaired) electrons. The Morgan fingerprint density at radius 2 is 2.30 bits per heavy atom. The summed E-state index contributed by atoms with van der Waals surface area (Å²) < 4.78 is 5.29. The van der Waals surface area contributed by atoms with Gasteiger partial charge in [-0.25, -0.2) is 0 Å². The van der Waals surface area contributed by atoms with Crippen molar-refractivity contribution in [3.05, 3.63) is 34.9 Å². The lowest BCUT2D eigenvalue weighted by Gasteiger charge is -2.33. The quantitative estimate of drug-likeness (QED) is 0.927. The van der Waals surface area contributed by atoms with Gasteiger partial charge in [0.05, 0.1) is 6.61 Å². The largest absolute Gasteiger partial charge is 0.379 e. The normalized spacial score (nSPS) is 22.2. The van der Waals surface area contributed by atoms with E-state index in [2.05, 4.69) is 0 Å². The van der Waals surface area contributed by atoms with Gasteiger partial charge >= 0.3 is 0 Å². The predicted molar refractivity (Wildman–Crippen MR) is 79.5 cm³/mol. The Balaban J connectivity index is 2.17. The van der Waals surface area contributed by atoms with Crippen LogP contribution in [0.5, 0.6) is 0 Å². The van der Waals surface area contributed by atoms with E-state index in [1.807, 2.05) is 38.1 Å². The van der Waals surface area contributed by atoms with Gasteiger partial charge in [-0.3, -0.25) is 4.79 Å². The highest BCUT2D eigenvalue weighted by Crippen LogP contribution is 2.22. The van der Waals surface area contributed by atoms with Crippen LogP contribution in [0.15, 0.2) is 24.3 Å². The molecule has 1 atom stereocenters. The van der Waals surface area contributed by atoms with E-state index in [-0.39, 0.29) is 11.9 Å². The fraction of sp³-hybridized carbons (Fsp3) is 0.533. The fourth-order valence-electron chi connectivity index (χ4n) is 2.36. The highest BCUT2D eigenvalue weighted by atomic mass is 35.5. The molecule has 0 bridgehead atoms. The van der Waals surface area contributed by atoms with Crippen molar-refractivity contribution >= 4 is 17.5 Å². The van der Waals surface area contributed by atoms with Crippen LogP contribution in [-0.2, 0) is 16.1 Å². The third-order valence-corrected chi connectivity index (χ3v) is 3.84. The van der Waals surface area contributed by atoms with Crippen LogP contribution in [-0.4, -0.2) is 35.6 Å². The van der Waals surface area contributed by atoms with Crippen LogP contribution in [0.2, 0.25) is 5.02 Å². The number of ether oxygens (including phenoxy) is 1. The summed E-state index contributed by atoms with van der Waals surface area (Å²) in [5.41, 5.74) is 6.30. The average molecular weight is 297 g/mol. The Morgan fingerprint density at radius 1 is 1.55 bits per heavy atom. The number of halogens is 1. The summed E-state index contributed by atoms with van der Waals surface area (Å²) in [7, 11) is 0. The molecule has 1 fully saturated rings. The molecule has 1 saturated heterocycles. The number of carbonyl (C=O) groups is 1. The maximum Gasteiger partial charge on any atom is 0.245 e. The highest BCUT2D eigenvalue weighted by molar-refractivity contribution is 6.30. The van der Waals surface area contributed by atoms with Crippen LogP contribution in [0.3, 0.4) is 0 Å². The Kier molecular flexibility index (Phi) is 4.68. The van der Waals surface area contributed by atoms with Crippen LogP contribution >= 0.6 is 11.6 Å². The summed E-state index contributed by atoms with van der Waals surface area (Å²) in [5.74, 6) is -0.0509. The van der Waals surface area contributed by atoms with E-state index in [0.717, 1.165) is 5.56 Å². The third-order valence-electron chi connectivity index (χ3n) is 3.60. The van der Waals surface area contributed by atoms with Gasteiger partial charge in [-0.05, 0) is 38.0 Å². The Bertz CT molecular complexity index is 485. The molecule has 0 aromatic heterocycles. The van der Waals surface area contributed by atoms with Crippen molar-refractivity contribution in [3.63, 3.8) is 0 Å². The summed E-state index contributed by atoms with van der Waals surface area (Å²) in [6.45, 7) is 5.33. The van der Waals surface area contributed by atoms with Gasteiger partial charge in [0.15, 0.2) is 0 Å². The molecule has 5 heteroatoms. The lowest BCUT2D eigenvalue weighted by atomic mass is 9.97. The number of benzene rings is 1. The van der Waals surface area contributed by atoms with E-state index in [4.69, 9.17) is 22.1 Å². The van der Waals surface area contributed by atoms with Gasteiger partial charge < -0.3 is 15.4 Å².